The Labute approximate surface area is 118 Å². The standard InChI is InChI=1S/C15H17ClN2O/c1-11-7-12(9-16)10-17-15(11)18(2)13-5-4-6-14(8-13)19-3/h4-8,10H,9H2,1-3H3. The first-order chi connectivity index (χ1) is 9.15. The van der Waals surface area contributed by atoms with Crippen molar-refractivity contribution in [3.63, 3.8) is 0 Å². The Balaban J connectivity index is 2.35. The molecular weight excluding hydrogens is 260 g/mol. The zero-order valence-electron chi connectivity index (χ0n) is 11.4. The lowest BCUT2D eigenvalue weighted by Crippen LogP contribution is -2.13. The van der Waals surface area contributed by atoms with Gasteiger partial charge in [-0.1, -0.05) is 6.07 Å². The number of pyridine rings is 1. The Bertz CT molecular complexity index is 572. The van der Waals surface area contributed by atoms with Crippen LogP contribution in [0.25, 0.3) is 0 Å². The van der Waals surface area contributed by atoms with E-state index in [2.05, 4.69) is 11.1 Å². The molecule has 0 saturated carbocycles. The van der Waals surface area contributed by atoms with Gasteiger partial charge in [0, 0.05) is 30.9 Å². The van der Waals surface area contributed by atoms with E-state index in [1.54, 1.807) is 7.11 Å². The monoisotopic (exact) mass is 276 g/mol. The fourth-order valence-electron chi connectivity index (χ4n) is 1.99. The molecule has 0 unspecified atom stereocenters. The van der Waals surface area contributed by atoms with E-state index in [9.17, 15) is 0 Å². The fourth-order valence-corrected chi connectivity index (χ4v) is 2.14. The highest BCUT2D eigenvalue weighted by molar-refractivity contribution is 6.17. The molecule has 1 heterocycles. The second-order valence-corrected chi connectivity index (χ2v) is 4.65. The Morgan fingerprint density at radius 2 is 2.11 bits per heavy atom. The van der Waals surface area contributed by atoms with Crippen molar-refractivity contribution in [3.8, 4) is 5.75 Å². The van der Waals surface area contributed by atoms with Crippen LogP contribution in [0, 0.1) is 6.92 Å². The third-order valence-electron chi connectivity index (χ3n) is 3.02. The van der Waals surface area contributed by atoms with Gasteiger partial charge in [0.2, 0.25) is 0 Å². The summed E-state index contributed by atoms with van der Waals surface area (Å²) >= 11 is 5.82. The van der Waals surface area contributed by atoms with Crippen LogP contribution in [0.3, 0.4) is 0 Å². The third kappa shape index (κ3) is 2.99. The second-order valence-electron chi connectivity index (χ2n) is 4.38. The van der Waals surface area contributed by atoms with Crippen molar-refractivity contribution in [1.82, 2.24) is 4.98 Å². The van der Waals surface area contributed by atoms with Gasteiger partial charge in [-0.15, -0.1) is 11.6 Å². The number of halogens is 1. The smallest absolute Gasteiger partial charge is 0.135 e. The molecule has 1 aromatic carbocycles. The summed E-state index contributed by atoms with van der Waals surface area (Å²) in [5.41, 5.74) is 3.17. The molecule has 0 atom stereocenters. The number of nitrogens with zero attached hydrogens (tertiary/aromatic N) is 2. The zero-order chi connectivity index (χ0) is 13.8. The van der Waals surface area contributed by atoms with Gasteiger partial charge in [-0.25, -0.2) is 4.98 Å². The van der Waals surface area contributed by atoms with E-state index in [1.165, 1.54) is 0 Å². The minimum absolute atomic E-state index is 0.483. The van der Waals surface area contributed by atoms with Crippen LogP contribution in [0.4, 0.5) is 11.5 Å². The average molecular weight is 277 g/mol. The number of methoxy groups -OCH3 is 1. The summed E-state index contributed by atoms with van der Waals surface area (Å²) in [6.07, 6.45) is 1.81. The molecule has 0 bridgehead atoms. The molecule has 0 spiro atoms. The number of hydrogen-bond donors (Lipinski definition) is 0. The summed E-state index contributed by atoms with van der Waals surface area (Å²) in [6, 6.07) is 9.96. The summed E-state index contributed by atoms with van der Waals surface area (Å²) in [7, 11) is 3.66. The Morgan fingerprint density at radius 1 is 1.32 bits per heavy atom. The maximum atomic E-state index is 5.82. The predicted octanol–water partition coefficient (Wildman–Crippen LogP) is 3.91. The summed E-state index contributed by atoms with van der Waals surface area (Å²) in [5.74, 6) is 2.23. The average Bonchev–Trinajstić information content (AvgIpc) is 2.46. The summed E-state index contributed by atoms with van der Waals surface area (Å²) in [4.78, 5) is 6.52. The van der Waals surface area contributed by atoms with Crippen molar-refractivity contribution >= 4 is 23.1 Å². The van der Waals surface area contributed by atoms with Crippen molar-refractivity contribution in [2.24, 2.45) is 0 Å². The number of rotatable bonds is 4. The molecular formula is C15H17ClN2O. The number of hydrogen-bond acceptors (Lipinski definition) is 3. The van der Waals surface area contributed by atoms with Crippen molar-refractivity contribution in [1.29, 1.82) is 0 Å². The quantitative estimate of drug-likeness (QED) is 0.792. The Kier molecular flexibility index (Phi) is 4.27. The minimum Gasteiger partial charge on any atom is -0.497 e. The molecule has 4 heteroatoms. The maximum Gasteiger partial charge on any atom is 0.135 e. The van der Waals surface area contributed by atoms with E-state index in [-0.39, 0.29) is 0 Å². The first-order valence-corrected chi connectivity index (χ1v) is 6.58. The molecule has 2 rings (SSSR count). The van der Waals surface area contributed by atoms with Crippen LogP contribution in [-0.4, -0.2) is 19.1 Å². The number of benzene rings is 1. The highest BCUT2D eigenvalue weighted by Gasteiger charge is 2.09. The first kappa shape index (κ1) is 13.7. The summed E-state index contributed by atoms with van der Waals surface area (Å²) < 4.78 is 5.24. The van der Waals surface area contributed by atoms with Crippen molar-refractivity contribution in [2.75, 3.05) is 19.1 Å². The van der Waals surface area contributed by atoms with Crippen LogP contribution < -0.4 is 9.64 Å². The number of anilines is 2. The molecule has 100 valence electrons. The van der Waals surface area contributed by atoms with E-state index in [0.29, 0.717) is 5.88 Å². The minimum atomic E-state index is 0.483. The second kappa shape index (κ2) is 5.93. The molecule has 0 aliphatic heterocycles. The Hall–Kier alpha value is -1.74. The van der Waals surface area contributed by atoms with Gasteiger partial charge in [0.1, 0.15) is 11.6 Å². The molecule has 1 aromatic heterocycles. The number of alkyl halides is 1. The van der Waals surface area contributed by atoms with Gasteiger partial charge >= 0.3 is 0 Å². The van der Waals surface area contributed by atoms with Crippen LogP contribution in [-0.2, 0) is 5.88 Å². The maximum absolute atomic E-state index is 5.82. The molecule has 0 N–H and O–H groups in total. The highest BCUT2D eigenvalue weighted by Crippen LogP contribution is 2.27. The topological polar surface area (TPSA) is 25.4 Å². The SMILES string of the molecule is COc1cccc(N(C)c2ncc(CCl)cc2C)c1. The summed E-state index contributed by atoms with van der Waals surface area (Å²) in [6.45, 7) is 2.04. The molecule has 0 fully saturated rings. The Morgan fingerprint density at radius 3 is 2.74 bits per heavy atom. The van der Waals surface area contributed by atoms with Gasteiger partial charge in [0.15, 0.2) is 0 Å². The molecule has 0 aliphatic rings. The molecule has 19 heavy (non-hydrogen) atoms. The zero-order valence-corrected chi connectivity index (χ0v) is 12.1. The number of aromatic nitrogens is 1. The predicted molar refractivity (Wildman–Crippen MR) is 79.6 cm³/mol. The third-order valence-corrected chi connectivity index (χ3v) is 3.33. The van der Waals surface area contributed by atoms with Crippen molar-refractivity contribution in [3.05, 3.63) is 47.7 Å². The van der Waals surface area contributed by atoms with E-state index >= 15 is 0 Å². The van der Waals surface area contributed by atoms with E-state index < -0.39 is 0 Å². The van der Waals surface area contributed by atoms with Crippen LogP contribution in [0.5, 0.6) is 5.75 Å². The van der Waals surface area contributed by atoms with Crippen LogP contribution in [0.15, 0.2) is 36.5 Å². The van der Waals surface area contributed by atoms with Crippen LogP contribution in [0.2, 0.25) is 0 Å². The first-order valence-electron chi connectivity index (χ1n) is 6.05. The van der Waals surface area contributed by atoms with Crippen molar-refractivity contribution in [2.45, 2.75) is 12.8 Å². The van der Waals surface area contributed by atoms with E-state index in [4.69, 9.17) is 16.3 Å². The van der Waals surface area contributed by atoms with Gasteiger partial charge < -0.3 is 9.64 Å². The number of aryl methyl sites for hydroxylation is 1. The molecule has 3 nitrogen and oxygen atoms in total. The molecule has 0 radical (unpaired) electrons. The largest absolute Gasteiger partial charge is 0.497 e. The molecule has 0 saturated heterocycles. The summed E-state index contributed by atoms with van der Waals surface area (Å²) in [5, 5.41) is 0. The van der Waals surface area contributed by atoms with Crippen LogP contribution in [0.1, 0.15) is 11.1 Å². The molecule has 0 amide bonds. The lowest BCUT2D eigenvalue weighted by molar-refractivity contribution is 0.415. The normalized spacial score (nSPS) is 10.3. The molecule has 2 aromatic rings. The van der Waals surface area contributed by atoms with Gasteiger partial charge in [0.05, 0.1) is 7.11 Å². The number of ether oxygens (including phenoxy) is 1. The van der Waals surface area contributed by atoms with Gasteiger partial charge in [-0.3, -0.25) is 0 Å². The van der Waals surface area contributed by atoms with E-state index in [0.717, 1.165) is 28.4 Å². The van der Waals surface area contributed by atoms with E-state index in [1.807, 2.05) is 49.3 Å². The van der Waals surface area contributed by atoms with Crippen LogP contribution >= 0.6 is 11.6 Å². The van der Waals surface area contributed by atoms with Crippen molar-refractivity contribution < 1.29 is 4.74 Å². The lowest BCUT2D eigenvalue weighted by atomic mass is 10.2. The highest BCUT2D eigenvalue weighted by atomic mass is 35.5. The van der Waals surface area contributed by atoms with Gasteiger partial charge in [-0.05, 0) is 36.2 Å². The fraction of sp³-hybridized carbons (Fsp3) is 0.267. The lowest BCUT2D eigenvalue weighted by Gasteiger charge is -2.21. The molecule has 0 aliphatic carbocycles. The van der Waals surface area contributed by atoms with Gasteiger partial charge in [0.25, 0.3) is 0 Å². The van der Waals surface area contributed by atoms with Gasteiger partial charge in [-0.2, -0.15) is 0 Å².